The summed E-state index contributed by atoms with van der Waals surface area (Å²) in [7, 11) is 0. The number of rotatable bonds is 2. The topological polar surface area (TPSA) is 94.0 Å². The molecule has 18 heavy (non-hydrogen) atoms. The van der Waals surface area contributed by atoms with Gasteiger partial charge in [-0.3, -0.25) is 9.78 Å². The van der Waals surface area contributed by atoms with Gasteiger partial charge in [0.25, 0.3) is 5.91 Å². The zero-order chi connectivity index (χ0) is 13.1. The van der Waals surface area contributed by atoms with Crippen LogP contribution in [-0.2, 0) is 0 Å². The summed E-state index contributed by atoms with van der Waals surface area (Å²) in [5.74, 6) is -0.262. The van der Waals surface area contributed by atoms with Crippen molar-refractivity contribution < 1.29 is 4.79 Å². The summed E-state index contributed by atoms with van der Waals surface area (Å²) in [5, 5.41) is 2.79. The van der Waals surface area contributed by atoms with Crippen molar-refractivity contribution >= 4 is 23.0 Å². The summed E-state index contributed by atoms with van der Waals surface area (Å²) in [4.78, 5) is 16.0. The van der Waals surface area contributed by atoms with E-state index in [4.69, 9.17) is 11.5 Å². The number of pyridine rings is 1. The van der Waals surface area contributed by atoms with E-state index < -0.39 is 0 Å². The number of hydrogen-bond donors (Lipinski definition) is 3. The van der Waals surface area contributed by atoms with Crippen molar-refractivity contribution in [3.63, 3.8) is 0 Å². The highest BCUT2D eigenvalue weighted by Gasteiger charge is 2.10. The molecule has 5 nitrogen and oxygen atoms in total. The van der Waals surface area contributed by atoms with Crippen LogP contribution in [0, 0.1) is 6.92 Å². The number of anilines is 3. The van der Waals surface area contributed by atoms with Gasteiger partial charge < -0.3 is 16.8 Å². The molecule has 1 aromatic heterocycles. The lowest BCUT2D eigenvalue weighted by atomic mass is 10.1. The monoisotopic (exact) mass is 242 g/mol. The van der Waals surface area contributed by atoms with Gasteiger partial charge >= 0.3 is 0 Å². The molecule has 0 aliphatic carbocycles. The predicted molar refractivity (Wildman–Crippen MR) is 72.2 cm³/mol. The van der Waals surface area contributed by atoms with Gasteiger partial charge in [-0.05, 0) is 36.8 Å². The van der Waals surface area contributed by atoms with Gasteiger partial charge in [-0.1, -0.05) is 0 Å². The molecule has 0 bridgehead atoms. The average Bonchev–Trinajstić information content (AvgIpc) is 2.32. The van der Waals surface area contributed by atoms with Gasteiger partial charge in [0.05, 0.1) is 5.56 Å². The molecule has 0 fully saturated rings. The molecule has 0 atom stereocenters. The molecule has 0 spiro atoms. The molecule has 92 valence electrons. The number of nitrogens with one attached hydrogen (secondary N) is 1. The fraction of sp³-hybridized carbons (Fsp3) is 0.0769. The Morgan fingerprint density at radius 2 is 2.06 bits per heavy atom. The van der Waals surface area contributed by atoms with E-state index in [0.29, 0.717) is 22.6 Å². The second-order valence-corrected chi connectivity index (χ2v) is 3.99. The van der Waals surface area contributed by atoms with Crippen LogP contribution in [0.3, 0.4) is 0 Å². The highest BCUT2D eigenvalue weighted by Crippen LogP contribution is 2.18. The van der Waals surface area contributed by atoms with Crippen LogP contribution in [0.2, 0.25) is 0 Å². The number of nitrogens with zero attached hydrogens (tertiary/aromatic N) is 1. The zero-order valence-electron chi connectivity index (χ0n) is 9.97. The second kappa shape index (κ2) is 4.75. The summed E-state index contributed by atoms with van der Waals surface area (Å²) >= 11 is 0. The predicted octanol–water partition coefficient (Wildman–Crippen LogP) is 1.81. The Labute approximate surface area is 105 Å². The number of nitrogens with two attached hydrogens (primary N) is 2. The molecular weight excluding hydrogens is 228 g/mol. The molecule has 2 rings (SSSR count). The number of aryl methyl sites for hydroxylation is 1. The minimum Gasteiger partial charge on any atom is -0.399 e. The standard InChI is InChI=1S/C13H14N4O/c1-8-7-16-5-4-12(8)17-13(18)10-3-2-9(14)6-11(10)15/h2-7H,14-15H2,1H3,(H,16,17,18). The van der Waals surface area contributed by atoms with Crippen molar-refractivity contribution in [3.05, 3.63) is 47.8 Å². The van der Waals surface area contributed by atoms with Crippen LogP contribution in [0.5, 0.6) is 0 Å². The minimum atomic E-state index is -0.262. The molecule has 0 unspecified atom stereocenters. The van der Waals surface area contributed by atoms with Crippen molar-refractivity contribution in [2.75, 3.05) is 16.8 Å². The molecule has 0 radical (unpaired) electrons. The number of carbonyl (C=O) groups is 1. The maximum absolute atomic E-state index is 12.0. The lowest BCUT2D eigenvalue weighted by molar-refractivity contribution is 0.102. The van der Waals surface area contributed by atoms with Crippen LogP contribution in [-0.4, -0.2) is 10.9 Å². The molecule has 0 saturated carbocycles. The van der Waals surface area contributed by atoms with E-state index in [-0.39, 0.29) is 5.91 Å². The van der Waals surface area contributed by atoms with Crippen molar-refractivity contribution in [3.8, 4) is 0 Å². The van der Waals surface area contributed by atoms with Gasteiger partial charge in [0.15, 0.2) is 0 Å². The normalized spacial score (nSPS) is 10.1. The van der Waals surface area contributed by atoms with Gasteiger partial charge in [0.2, 0.25) is 0 Å². The van der Waals surface area contributed by atoms with E-state index >= 15 is 0 Å². The summed E-state index contributed by atoms with van der Waals surface area (Å²) in [6.07, 6.45) is 3.30. The van der Waals surface area contributed by atoms with Crippen molar-refractivity contribution in [1.82, 2.24) is 4.98 Å². The van der Waals surface area contributed by atoms with Crippen LogP contribution < -0.4 is 16.8 Å². The number of carbonyl (C=O) groups excluding carboxylic acids is 1. The maximum Gasteiger partial charge on any atom is 0.257 e. The van der Waals surface area contributed by atoms with Crippen LogP contribution in [0.25, 0.3) is 0 Å². The first kappa shape index (κ1) is 11.9. The molecule has 1 heterocycles. The Morgan fingerprint density at radius 3 is 2.72 bits per heavy atom. The van der Waals surface area contributed by atoms with Crippen LogP contribution >= 0.6 is 0 Å². The summed E-state index contributed by atoms with van der Waals surface area (Å²) in [5.41, 5.74) is 14.2. The lowest BCUT2D eigenvalue weighted by Crippen LogP contribution is -2.15. The van der Waals surface area contributed by atoms with Gasteiger partial charge in [-0.25, -0.2) is 0 Å². The number of hydrogen-bond acceptors (Lipinski definition) is 4. The fourth-order valence-corrected chi connectivity index (χ4v) is 1.59. The van der Waals surface area contributed by atoms with E-state index in [9.17, 15) is 4.79 Å². The van der Waals surface area contributed by atoms with E-state index in [0.717, 1.165) is 5.56 Å². The summed E-state index contributed by atoms with van der Waals surface area (Å²) in [6.45, 7) is 1.87. The highest BCUT2D eigenvalue weighted by molar-refractivity contribution is 6.08. The summed E-state index contributed by atoms with van der Waals surface area (Å²) < 4.78 is 0. The molecule has 2 aromatic rings. The van der Waals surface area contributed by atoms with Crippen molar-refractivity contribution in [2.45, 2.75) is 6.92 Å². The molecule has 1 aromatic carbocycles. The third-order valence-corrected chi connectivity index (χ3v) is 2.59. The number of aromatic nitrogens is 1. The molecule has 1 amide bonds. The first-order chi connectivity index (χ1) is 8.58. The molecule has 0 saturated heterocycles. The van der Waals surface area contributed by atoms with Crippen LogP contribution in [0.1, 0.15) is 15.9 Å². The van der Waals surface area contributed by atoms with E-state index in [1.807, 2.05) is 6.92 Å². The smallest absolute Gasteiger partial charge is 0.257 e. The Kier molecular flexibility index (Phi) is 3.14. The molecule has 5 heteroatoms. The molecule has 5 N–H and O–H groups in total. The van der Waals surface area contributed by atoms with Gasteiger partial charge in [-0.15, -0.1) is 0 Å². The fourth-order valence-electron chi connectivity index (χ4n) is 1.59. The van der Waals surface area contributed by atoms with Crippen LogP contribution in [0.4, 0.5) is 17.1 Å². The Hall–Kier alpha value is -2.56. The highest BCUT2D eigenvalue weighted by atomic mass is 16.1. The number of amides is 1. The van der Waals surface area contributed by atoms with Crippen molar-refractivity contribution in [1.29, 1.82) is 0 Å². The molecule has 0 aliphatic heterocycles. The molecule has 0 aliphatic rings. The Balaban J connectivity index is 2.25. The average molecular weight is 242 g/mol. The second-order valence-electron chi connectivity index (χ2n) is 3.99. The third kappa shape index (κ3) is 2.40. The quantitative estimate of drug-likeness (QED) is 0.700. The van der Waals surface area contributed by atoms with Crippen LogP contribution in [0.15, 0.2) is 36.7 Å². The van der Waals surface area contributed by atoms with E-state index in [1.165, 1.54) is 0 Å². The molecular formula is C13H14N4O. The lowest BCUT2D eigenvalue weighted by Gasteiger charge is -2.09. The zero-order valence-corrected chi connectivity index (χ0v) is 9.97. The first-order valence-corrected chi connectivity index (χ1v) is 5.45. The van der Waals surface area contributed by atoms with E-state index in [1.54, 1.807) is 36.7 Å². The SMILES string of the molecule is Cc1cnccc1NC(=O)c1ccc(N)cc1N. The maximum atomic E-state index is 12.0. The number of benzene rings is 1. The first-order valence-electron chi connectivity index (χ1n) is 5.45. The van der Waals surface area contributed by atoms with Crippen molar-refractivity contribution in [2.24, 2.45) is 0 Å². The number of nitrogen functional groups attached to an aromatic ring is 2. The Morgan fingerprint density at radius 1 is 1.28 bits per heavy atom. The largest absolute Gasteiger partial charge is 0.399 e. The minimum absolute atomic E-state index is 0.262. The summed E-state index contributed by atoms with van der Waals surface area (Å²) in [6, 6.07) is 6.55. The van der Waals surface area contributed by atoms with Gasteiger partial charge in [-0.2, -0.15) is 0 Å². The van der Waals surface area contributed by atoms with E-state index in [2.05, 4.69) is 10.3 Å². The third-order valence-electron chi connectivity index (χ3n) is 2.59. The van der Waals surface area contributed by atoms with Gasteiger partial charge in [0.1, 0.15) is 0 Å². The Bertz CT molecular complexity index is 595. The van der Waals surface area contributed by atoms with Gasteiger partial charge in [0, 0.05) is 29.5 Å².